The average Bonchev–Trinajstić information content (AvgIpc) is 1.94. The fourth-order valence-corrected chi connectivity index (χ4v) is 0.946. The van der Waals surface area contributed by atoms with Crippen molar-refractivity contribution < 1.29 is 0 Å². The molecule has 1 rings (SSSR count). The monoisotopic (exact) mass is 156 g/mol. The number of rotatable bonds is 2. The van der Waals surface area contributed by atoms with Crippen LogP contribution in [0.2, 0.25) is 0 Å². The standard InChI is InChI=1S/C7H9ClN2/c1-2-5-10-6-3-4-9-7(10)8/h2-4H,1,5-6H2. The van der Waals surface area contributed by atoms with Crippen molar-refractivity contribution in [2.75, 3.05) is 13.1 Å². The Labute approximate surface area is 65.5 Å². The summed E-state index contributed by atoms with van der Waals surface area (Å²) in [6, 6.07) is 0. The Morgan fingerprint density at radius 1 is 1.90 bits per heavy atom. The number of nitrogens with zero attached hydrogens (tertiary/aromatic N) is 2. The van der Waals surface area contributed by atoms with E-state index in [0.717, 1.165) is 13.1 Å². The van der Waals surface area contributed by atoms with Gasteiger partial charge in [0.25, 0.3) is 0 Å². The fourth-order valence-electron chi connectivity index (χ4n) is 0.751. The molecule has 3 heteroatoms. The molecule has 0 spiro atoms. The predicted molar refractivity (Wildman–Crippen MR) is 44.2 cm³/mol. The molecule has 0 aromatic rings. The van der Waals surface area contributed by atoms with Gasteiger partial charge in [-0.05, 0) is 17.7 Å². The minimum atomic E-state index is 0.544. The van der Waals surface area contributed by atoms with Gasteiger partial charge in [-0.1, -0.05) is 6.08 Å². The Balaban J connectivity index is 2.55. The van der Waals surface area contributed by atoms with Crippen molar-refractivity contribution in [1.29, 1.82) is 0 Å². The maximum absolute atomic E-state index is 5.74. The average molecular weight is 157 g/mol. The zero-order valence-electron chi connectivity index (χ0n) is 5.63. The molecule has 0 saturated heterocycles. The van der Waals surface area contributed by atoms with Gasteiger partial charge in [-0.15, -0.1) is 6.58 Å². The van der Waals surface area contributed by atoms with Crippen LogP contribution >= 0.6 is 11.6 Å². The highest BCUT2D eigenvalue weighted by molar-refractivity contribution is 6.64. The SMILES string of the molecule is C=CCN1CC=CN=C1Cl. The summed E-state index contributed by atoms with van der Waals surface area (Å²) >= 11 is 5.74. The minimum absolute atomic E-state index is 0.544. The highest BCUT2D eigenvalue weighted by atomic mass is 35.5. The number of halogens is 1. The maximum atomic E-state index is 5.74. The molecule has 0 bridgehead atoms. The fraction of sp³-hybridized carbons (Fsp3) is 0.286. The molecule has 0 radical (unpaired) electrons. The lowest BCUT2D eigenvalue weighted by Crippen LogP contribution is -2.29. The summed E-state index contributed by atoms with van der Waals surface area (Å²) in [5, 5.41) is 0.544. The lowest BCUT2D eigenvalue weighted by atomic mass is 10.4. The second kappa shape index (κ2) is 3.42. The van der Waals surface area contributed by atoms with E-state index in [4.69, 9.17) is 11.6 Å². The molecule has 10 heavy (non-hydrogen) atoms. The third-order valence-electron chi connectivity index (χ3n) is 1.22. The highest BCUT2D eigenvalue weighted by Gasteiger charge is 2.06. The molecule has 0 N–H and O–H groups in total. The van der Waals surface area contributed by atoms with Crippen LogP contribution in [0.3, 0.4) is 0 Å². The van der Waals surface area contributed by atoms with Gasteiger partial charge < -0.3 is 4.90 Å². The molecule has 0 fully saturated rings. The molecule has 0 amide bonds. The Hall–Kier alpha value is -0.760. The van der Waals surface area contributed by atoms with Crippen molar-refractivity contribution in [3.8, 4) is 0 Å². The lowest BCUT2D eigenvalue weighted by molar-refractivity contribution is 0.516. The third-order valence-corrected chi connectivity index (χ3v) is 1.56. The molecule has 1 aliphatic heterocycles. The second-order valence-electron chi connectivity index (χ2n) is 1.98. The minimum Gasteiger partial charge on any atom is -0.339 e. The first kappa shape index (κ1) is 7.35. The highest BCUT2D eigenvalue weighted by Crippen LogP contribution is 2.02. The van der Waals surface area contributed by atoms with Crippen LogP contribution in [0.5, 0.6) is 0 Å². The normalized spacial score (nSPS) is 16.9. The van der Waals surface area contributed by atoms with Crippen LogP contribution in [0, 0.1) is 0 Å². The predicted octanol–water partition coefficient (Wildman–Crippen LogP) is 1.60. The summed E-state index contributed by atoms with van der Waals surface area (Å²) in [7, 11) is 0. The summed E-state index contributed by atoms with van der Waals surface area (Å²) in [4.78, 5) is 5.83. The molecule has 0 saturated carbocycles. The van der Waals surface area contributed by atoms with Crippen molar-refractivity contribution in [1.82, 2.24) is 4.90 Å². The summed E-state index contributed by atoms with van der Waals surface area (Å²) < 4.78 is 0. The van der Waals surface area contributed by atoms with Gasteiger partial charge in [0.1, 0.15) is 0 Å². The van der Waals surface area contributed by atoms with Gasteiger partial charge in [-0.25, -0.2) is 4.99 Å². The summed E-state index contributed by atoms with van der Waals surface area (Å²) in [6.07, 6.45) is 5.47. The van der Waals surface area contributed by atoms with Crippen LogP contribution in [0.25, 0.3) is 0 Å². The summed E-state index contributed by atoms with van der Waals surface area (Å²) in [5.41, 5.74) is 0. The zero-order valence-corrected chi connectivity index (χ0v) is 6.38. The summed E-state index contributed by atoms with van der Waals surface area (Å²) in [5.74, 6) is 0. The van der Waals surface area contributed by atoms with Crippen molar-refractivity contribution in [3.63, 3.8) is 0 Å². The number of amidine groups is 1. The van der Waals surface area contributed by atoms with Crippen LogP contribution in [0.15, 0.2) is 29.9 Å². The van der Waals surface area contributed by atoms with E-state index >= 15 is 0 Å². The largest absolute Gasteiger partial charge is 0.339 e. The maximum Gasteiger partial charge on any atom is 0.199 e. The Morgan fingerprint density at radius 2 is 2.70 bits per heavy atom. The van der Waals surface area contributed by atoms with Crippen LogP contribution in [0.1, 0.15) is 0 Å². The molecular weight excluding hydrogens is 148 g/mol. The van der Waals surface area contributed by atoms with E-state index in [0.29, 0.717) is 5.29 Å². The van der Waals surface area contributed by atoms with Crippen molar-refractivity contribution in [2.45, 2.75) is 0 Å². The van der Waals surface area contributed by atoms with Crippen molar-refractivity contribution in [2.24, 2.45) is 4.99 Å². The molecule has 1 heterocycles. The number of hydrogen-bond acceptors (Lipinski definition) is 2. The molecule has 0 aliphatic carbocycles. The quantitative estimate of drug-likeness (QED) is 0.438. The van der Waals surface area contributed by atoms with Crippen LogP contribution in [0.4, 0.5) is 0 Å². The van der Waals surface area contributed by atoms with Gasteiger partial charge in [-0.3, -0.25) is 0 Å². The first-order valence-corrected chi connectivity index (χ1v) is 3.46. The Bertz CT molecular complexity index is 182. The molecule has 0 unspecified atom stereocenters. The zero-order chi connectivity index (χ0) is 7.40. The Morgan fingerprint density at radius 3 is 3.30 bits per heavy atom. The molecule has 0 aromatic carbocycles. The van der Waals surface area contributed by atoms with E-state index in [1.165, 1.54) is 0 Å². The topological polar surface area (TPSA) is 15.6 Å². The molecule has 1 aliphatic rings. The van der Waals surface area contributed by atoms with Gasteiger partial charge >= 0.3 is 0 Å². The van der Waals surface area contributed by atoms with E-state index in [9.17, 15) is 0 Å². The first-order valence-electron chi connectivity index (χ1n) is 3.08. The molecule has 54 valence electrons. The second-order valence-corrected chi connectivity index (χ2v) is 2.31. The van der Waals surface area contributed by atoms with E-state index in [-0.39, 0.29) is 0 Å². The molecule has 0 aromatic heterocycles. The third kappa shape index (κ3) is 1.61. The number of aliphatic imine (C=N–C) groups is 1. The van der Waals surface area contributed by atoms with E-state index in [2.05, 4.69) is 11.6 Å². The summed E-state index contributed by atoms with van der Waals surface area (Å²) in [6.45, 7) is 5.19. The van der Waals surface area contributed by atoms with Crippen molar-refractivity contribution in [3.05, 3.63) is 24.9 Å². The van der Waals surface area contributed by atoms with Crippen LogP contribution in [-0.4, -0.2) is 23.3 Å². The smallest absolute Gasteiger partial charge is 0.199 e. The van der Waals surface area contributed by atoms with Crippen LogP contribution in [-0.2, 0) is 0 Å². The van der Waals surface area contributed by atoms with Gasteiger partial charge in [0, 0.05) is 19.3 Å². The van der Waals surface area contributed by atoms with Gasteiger partial charge in [0.2, 0.25) is 0 Å². The Kier molecular flexibility index (Phi) is 2.51. The molecular formula is C7H9ClN2. The number of hydrogen-bond donors (Lipinski definition) is 0. The van der Waals surface area contributed by atoms with E-state index < -0.39 is 0 Å². The first-order chi connectivity index (χ1) is 4.84. The van der Waals surface area contributed by atoms with Gasteiger partial charge in [0.15, 0.2) is 5.29 Å². The molecule has 2 nitrogen and oxygen atoms in total. The molecule has 0 atom stereocenters. The lowest BCUT2D eigenvalue weighted by Gasteiger charge is -2.20. The van der Waals surface area contributed by atoms with Crippen molar-refractivity contribution >= 4 is 16.9 Å². The van der Waals surface area contributed by atoms with Gasteiger partial charge in [-0.2, -0.15) is 0 Å². The van der Waals surface area contributed by atoms with Crippen LogP contribution < -0.4 is 0 Å². The van der Waals surface area contributed by atoms with E-state index in [1.54, 1.807) is 12.3 Å². The van der Waals surface area contributed by atoms with E-state index in [1.807, 2.05) is 11.0 Å². The van der Waals surface area contributed by atoms with Gasteiger partial charge in [0.05, 0.1) is 0 Å².